The quantitative estimate of drug-likeness (QED) is 0.437. The monoisotopic (exact) mass is 265 g/mol. The first-order valence-electron chi connectivity index (χ1n) is 4.22. The van der Waals surface area contributed by atoms with Gasteiger partial charge in [-0.25, -0.2) is 0 Å². The van der Waals surface area contributed by atoms with Crippen molar-refractivity contribution >= 4 is 39.5 Å². The molecule has 0 aromatic carbocycles. The van der Waals surface area contributed by atoms with Crippen LogP contribution in [0.25, 0.3) is 0 Å². The summed E-state index contributed by atoms with van der Waals surface area (Å²) in [5.41, 5.74) is 0. The molecule has 74 valence electrons. The van der Waals surface area contributed by atoms with Gasteiger partial charge in [-0.15, -0.1) is 11.8 Å². The van der Waals surface area contributed by atoms with Crippen molar-refractivity contribution in [2.75, 3.05) is 23.4 Å². The van der Waals surface area contributed by atoms with Crippen LogP contribution in [-0.4, -0.2) is 40.1 Å². The van der Waals surface area contributed by atoms with Gasteiger partial charge in [0.05, 0.1) is 11.5 Å². The highest BCUT2D eigenvalue weighted by molar-refractivity contribution is 9.09. The Bertz CT molecular complexity index is 194. The van der Waals surface area contributed by atoms with Crippen LogP contribution in [0.3, 0.4) is 0 Å². The van der Waals surface area contributed by atoms with Crippen LogP contribution in [0.5, 0.6) is 0 Å². The van der Waals surface area contributed by atoms with Gasteiger partial charge in [-0.1, -0.05) is 15.9 Å². The second-order valence-electron chi connectivity index (χ2n) is 2.83. The zero-order chi connectivity index (χ0) is 9.68. The van der Waals surface area contributed by atoms with Gasteiger partial charge >= 0.3 is 0 Å². The van der Waals surface area contributed by atoms with Crippen molar-refractivity contribution in [3.63, 3.8) is 0 Å². The average Bonchev–Trinajstić information content (AvgIpc) is 2.10. The molecule has 13 heavy (non-hydrogen) atoms. The number of rotatable bonds is 4. The molecular formula is C8H12BrNO2S. The van der Waals surface area contributed by atoms with Gasteiger partial charge in [0.2, 0.25) is 11.8 Å². The van der Waals surface area contributed by atoms with Gasteiger partial charge in [-0.2, -0.15) is 0 Å². The summed E-state index contributed by atoms with van der Waals surface area (Å²) in [4.78, 5) is 23.9. The van der Waals surface area contributed by atoms with Crippen molar-refractivity contribution in [1.29, 1.82) is 0 Å². The molecular weight excluding hydrogens is 254 g/mol. The zero-order valence-corrected chi connectivity index (χ0v) is 9.70. The summed E-state index contributed by atoms with van der Waals surface area (Å²) in [6, 6.07) is 0. The third kappa shape index (κ3) is 3.31. The molecule has 1 saturated heterocycles. The second kappa shape index (κ2) is 5.65. The van der Waals surface area contributed by atoms with E-state index < -0.39 is 0 Å². The molecule has 0 N–H and O–H groups in total. The number of carbonyl (C=O) groups is 2. The Morgan fingerprint density at radius 1 is 1.23 bits per heavy atom. The summed E-state index contributed by atoms with van der Waals surface area (Å²) in [5.74, 6) is 0.853. The lowest BCUT2D eigenvalue weighted by Crippen LogP contribution is -2.43. The lowest BCUT2D eigenvalue weighted by atomic mass is 10.3. The summed E-state index contributed by atoms with van der Waals surface area (Å²) >= 11 is 4.72. The summed E-state index contributed by atoms with van der Waals surface area (Å²) in [6.45, 7) is 0.587. The summed E-state index contributed by atoms with van der Waals surface area (Å²) in [7, 11) is 0. The molecule has 5 heteroatoms. The van der Waals surface area contributed by atoms with Crippen LogP contribution in [0.2, 0.25) is 0 Å². The molecule has 2 amide bonds. The highest BCUT2D eigenvalue weighted by atomic mass is 79.9. The van der Waals surface area contributed by atoms with Crippen molar-refractivity contribution < 1.29 is 9.59 Å². The summed E-state index contributed by atoms with van der Waals surface area (Å²) in [6.07, 6.45) is 1.90. The molecule has 0 atom stereocenters. The van der Waals surface area contributed by atoms with Crippen molar-refractivity contribution in [2.24, 2.45) is 0 Å². The van der Waals surface area contributed by atoms with E-state index in [1.807, 2.05) is 0 Å². The first kappa shape index (κ1) is 11.0. The SMILES string of the molecule is O=C1CSCC(=O)N1CCCCBr. The number of hydrogen-bond donors (Lipinski definition) is 0. The van der Waals surface area contributed by atoms with E-state index in [2.05, 4.69) is 15.9 Å². The minimum atomic E-state index is -0.0316. The van der Waals surface area contributed by atoms with E-state index in [-0.39, 0.29) is 11.8 Å². The zero-order valence-electron chi connectivity index (χ0n) is 7.29. The van der Waals surface area contributed by atoms with E-state index in [1.54, 1.807) is 0 Å². The first-order valence-corrected chi connectivity index (χ1v) is 6.50. The molecule has 1 fully saturated rings. The fourth-order valence-electron chi connectivity index (χ4n) is 1.13. The molecule has 1 aliphatic rings. The normalized spacial score (nSPS) is 18.1. The molecule has 0 bridgehead atoms. The van der Waals surface area contributed by atoms with E-state index in [1.165, 1.54) is 16.7 Å². The Hall–Kier alpha value is -0.0300. The van der Waals surface area contributed by atoms with E-state index >= 15 is 0 Å². The van der Waals surface area contributed by atoms with Crippen LogP contribution in [0.1, 0.15) is 12.8 Å². The number of halogens is 1. The van der Waals surface area contributed by atoms with Crippen LogP contribution in [-0.2, 0) is 9.59 Å². The molecule has 3 nitrogen and oxygen atoms in total. The summed E-state index contributed by atoms with van der Waals surface area (Å²) < 4.78 is 0. The Balaban J connectivity index is 2.35. The average molecular weight is 266 g/mol. The van der Waals surface area contributed by atoms with E-state index in [4.69, 9.17) is 0 Å². The predicted octanol–water partition coefficient (Wildman–Crippen LogP) is 1.26. The van der Waals surface area contributed by atoms with E-state index in [9.17, 15) is 9.59 Å². The standard InChI is InChI=1S/C8H12BrNO2S/c9-3-1-2-4-10-7(11)5-13-6-8(10)12/h1-6H2. The van der Waals surface area contributed by atoms with Crippen LogP contribution >= 0.6 is 27.7 Å². The maximum Gasteiger partial charge on any atom is 0.239 e. The minimum absolute atomic E-state index is 0.0316. The molecule has 0 saturated carbocycles. The predicted molar refractivity (Wildman–Crippen MR) is 57.1 cm³/mol. The number of carbonyl (C=O) groups excluding carboxylic acids is 2. The van der Waals surface area contributed by atoms with Crippen molar-refractivity contribution in [3.8, 4) is 0 Å². The Kier molecular flexibility index (Phi) is 4.80. The first-order chi connectivity index (χ1) is 6.25. The maximum atomic E-state index is 11.3. The number of hydrogen-bond acceptors (Lipinski definition) is 3. The lowest BCUT2D eigenvalue weighted by molar-refractivity contribution is -0.142. The number of amides is 2. The lowest BCUT2D eigenvalue weighted by Gasteiger charge is -2.24. The number of unbranched alkanes of at least 4 members (excludes halogenated alkanes) is 1. The van der Waals surface area contributed by atoms with Crippen LogP contribution in [0, 0.1) is 0 Å². The molecule has 1 rings (SSSR count). The fourth-order valence-corrected chi connectivity index (χ4v) is 2.29. The molecule has 0 unspecified atom stereocenters. The number of thioether (sulfide) groups is 1. The molecule has 0 aromatic heterocycles. The van der Waals surface area contributed by atoms with Crippen LogP contribution in [0.15, 0.2) is 0 Å². The second-order valence-corrected chi connectivity index (χ2v) is 4.61. The van der Waals surface area contributed by atoms with Crippen LogP contribution < -0.4 is 0 Å². The topological polar surface area (TPSA) is 37.4 Å². The van der Waals surface area contributed by atoms with Gasteiger partial charge in [0, 0.05) is 11.9 Å². The van der Waals surface area contributed by atoms with Gasteiger partial charge in [0.1, 0.15) is 0 Å². The molecule has 1 aliphatic heterocycles. The number of alkyl halides is 1. The minimum Gasteiger partial charge on any atom is -0.281 e. The van der Waals surface area contributed by atoms with Gasteiger partial charge in [-0.3, -0.25) is 14.5 Å². The molecule has 0 radical (unpaired) electrons. The maximum absolute atomic E-state index is 11.3. The number of nitrogens with zero attached hydrogens (tertiary/aromatic N) is 1. The highest BCUT2D eigenvalue weighted by Gasteiger charge is 2.25. The Labute approximate surface area is 90.4 Å². The van der Waals surface area contributed by atoms with Gasteiger partial charge in [0.25, 0.3) is 0 Å². The van der Waals surface area contributed by atoms with E-state index in [0.29, 0.717) is 18.1 Å². The molecule has 0 aromatic rings. The smallest absolute Gasteiger partial charge is 0.239 e. The van der Waals surface area contributed by atoms with E-state index in [0.717, 1.165) is 18.2 Å². The third-order valence-electron chi connectivity index (χ3n) is 1.82. The Morgan fingerprint density at radius 2 is 1.85 bits per heavy atom. The van der Waals surface area contributed by atoms with Gasteiger partial charge in [0.15, 0.2) is 0 Å². The largest absolute Gasteiger partial charge is 0.281 e. The summed E-state index contributed by atoms with van der Waals surface area (Å²) in [5, 5.41) is 0.929. The number of imide groups is 1. The van der Waals surface area contributed by atoms with Gasteiger partial charge in [-0.05, 0) is 12.8 Å². The van der Waals surface area contributed by atoms with Crippen molar-refractivity contribution in [2.45, 2.75) is 12.8 Å². The molecule has 1 heterocycles. The van der Waals surface area contributed by atoms with Crippen molar-refractivity contribution in [1.82, 2.24) is 4.90 Å². The third-order valence-corrected chi connectivity index (χ3v) is 3.28. The Morgan fingerprint density at radius 3 is 2.38 bits per heavy atom. The van der Waals surface area contributed by atoms with Crippen molar-refractivity contribution in [3.05, 3.63) is 0 Å². The molecule has 0 aliphatic carbocycles. The molecule has 0 spiro atoms. The highest BCUT2D eigenvalue weighted by Crippen LogP contribution is 2.12. The fraction of sp³-hybridized carbons (Fsp3) is 0.750. The van der Waals surface area contributed by atoms with Crippen LogP contribution in [0.4, 0.5) is 0 Å². The van der Waals surface area contributed by atoms with Gasteiger partial charge < -0.3 is 0 Å².